The van der Waals surface area contributed by atoms with Crippen LogP contribution in [0.5, 0.6) is 11.6 Å². The van der Waals surface area contributed by atoms with Gasteiger partial charge in [0.15, 0.2) is 0 Å². The SMILES string of the molecule is Cc1nn(C)c(Oc2ccccc2Cl)c1CC(C)N. The van der Waals surface area contributed by atoms with E-state index in [1.165, 1.54) is 0 Å². The summed E-state index contributed by atoms with van der Waals surface area (Å²) in [6, 6.07) is 7.44. The predicted molar refractivity (Wildman–Crippen MR) is 76.8 cm³/mol. The zero-order valence-corrected chi connectivity index (χ0v) is 12.1. The first-order valence-corrected chi connectivity index (χ1v) is 6.57. The quantitative estimate of drug-likeness (QED) is 0.936. The summed E-state index contributed by atoms with van der Waals surface area (Å²) in [7, 11) is 1.85. The van der Waals surface area contributed by atoms with Gasteiger partial charge in [0.25, 0.3) is 0 Å². The average Bonchev–Trinajstić information content (AvgIpc) is 2.58. The fourth-order valence-corrected chi connectivity index (χ4v) is 2.17. The van der Waals surface area contributed by atoms with Crippen LogP contribution in [0.1, 0.15) is 18.2 Å². The number of rotatable bonds is 4. The van der Waals surface area contributed by atoms with Gasteiger partial charge in [0.2, 0.25) is 5.88 Å². The molecule has 0 aliphatic rings. The van der Waals surface area contributed by atoms with E-state index in [0.29, 0.717) is 16.7 Å². The first-order valence-electron chi connectivity index (χ1n) is 6.19. The topological polar surface area (TPSA) is 53.1 Å². The van der Waals surface area contributed by atoms with Gasteiger partial charge in [-0.3, -0.25) is 0 Å². The average molecular weight is 280 g/mol. The van der Waals surface area contributed by atoms with Crippen molar-refractivity contribution in [2.75, 3.05) is 0 Å². The number of para-hydroxylation sites is 1. The van der Waals surface area contributed by atoms with Crippen LogP contribution in [0.25, 0.3) is 0 Å². The van der Waals surface area contributed by atoms with Gasteiger partial charge in [-0.1, -0.05) is 23.7 Å². The molecule has 2 rings (SSSR count). The predicted octanol–water partition coefficient (Wildman–Crippen LogP) is 3.06. The minimum Gasteiger partial charge on any atom is -0.437 e. The number of aromatic nitrogens is 2. The van der Waals surface area contributed by atoms with Crippen molar-refractivity contribution in [1.82, 2.24) is 9.78 Å². The Labute approximate surface area is 118 Å². The highest BCUT2D eigenvalue weighted by atomic mass is 35.5. The van der Waals surface area contributed by atoms with E-state index in [4.69, 9.17) is 22.1 Å². The van der Waals surface area contributed by atoms with Crippen LogP contribution in [0.15, 0.2) is 24.3 Å². The Morgan fingerprint density at radius 2 is 2.11 bits per heavy atom. The highest BCUT2D eigenvalue weighted by Crippen LogP contribution is 2.32. The largest absolute Gasteiger partial charge is 0.437 e. The number of halogens is 1. The number of nitrogens with two attached hydrogens (primary N) is 1. The molecular formula is C14H18ClN3O. The summed E-state index contributed by atoms with van der Waals surface area (Å²) in [6.07, 6.45) is 0.722. The van der Waals surface area contributed by atoms with Crippen molar-refractivity contribution in [1.29, 1.82) is 0 Å². The van der Waals surface area contributed by atoms with E-state index in [0.717, 1.165) is 17.7 Å². The Morgan fingerprint density at radius 1 is 1.42 bits per heavy atom. The minimum absolute atomic E-state index is 0.0523. The number of benzene rings is 1. The molecule has 0 spiro atoms. The lowest BCUT2D eigenvalue weighted by Gasteiger charge is -2.11. The van der Waals surface area contributed by atoms with Crippen molar-refractivity contribution in [2.45, 2.75) is 26.3 Å². The molecule has 0 saturated carbocycles. The summed E-state index contributed by atoms with van der Waals surface area (Å²) in [5.74, 6) is 1.32. The summed E-state index contributed by atoms with van der Waals surface area (Å²) in [6.45, 7) is 3.92. The molecule has 4 nitrogen and oxygen atoms in total. The number of hydrogen-bond acceptors (Lipinski definition) is 3. The minimum atomic E-state index is 0.0523. The van der Waals surface area contributed by atoms with E-state index < -0.39 is 0 Å². The van der Waals surface area contributed by atoms with Crippen LogP contribution in [0, 0.1) is 6.92 Å². The third kappa shape index (κ3) is 3.08. The zero-order chi connectivity index (χ0) is 14.0. The van der Waals surface area contributed by atoms with Gasteiger partial charge in [0.1, 0.15) is 5.75 Å². The number of ether oxygens (including phenoxy) is 1. The Morgan fingerprint density at radius 3 is 2.74 bits per heavy atom. The van der Waals surface area contributed by atoms with E-state index in [9.17, 15) is 0 Å². The summed E-state index contributed by atoms with van der Waals surface area (Å²) in [4.78, 5) is 0. The van der Waals surface area contributed by atoms with Gasteiger partial charge < -0.3 is 10.5 Å². The van der Waals surface area contributed by atoms with Crippen molar-refractivity contribution in [3.05, 3.63) is 40.5 Å². The Hall–Kier alpha value is -1.52. The van der Waals surface area contributed by atoms with Gasteiger partial charge in [-0.25, -0.2) is 4.68 Å². The monoisotopic (exact) mass is 279 g/mol. The van der Waals surface area contributed by atoms with Crippen LogP contribution >= 0.6 is 11.6 Å². The highest BCUT2D eigenvalue weighted by molar-refractivity contribution is 6.32. The van der Waals surface area contributed by atoms with E-state index in [1.807, 2.05) is 39.1 Å². The fourth-order valence-electron chi connectivity index (χ4n) is 2.00. The van der Waals surface area contributed by atoms with Gasteiger partial charge in [-0.15, -0.1) is 0 Å². The summed E-state index contributed by atoms with van der Waals surface area (Å²) < 4.78 is 7.62. The van der Waals surface area contributed by atoms with E-state index in [-0.39, 0.29) is 6.04 Å². The maximum Gasteiger partial charge on any atom is 0.221 e. The first-order chi connectivity index (χ1) is 8.99. The van der Waals surface area contributed by atoms with Gasteiger partial charge >= 0.3 is 0 Å². The molecule has 0 aliphatic carbocycles. The molecule has 19 heavy (non-hydrogen) atoms. The van der Waals surface area contributed by atoms with Crippen molar-refractivity contribution in [3.8, 4) is 11.6 Å². The Balaban J connectivity index is 2.37. The Kier molecular flexibility index (Phi) is 4.12. The summed E-state index contributed by atoms with van der Waals surface area (Å²) in [5.41, 5.74) is 7.83. The van der Waals surface area contributed by atoms with Crippen LogP contribution in [0.3, 0.4) is 0 Å². The third-order valence-electron chi connectivity index (χ3n) is 2.86. The molecule has 1 unspecified atom stereocenters. The molecule has 0 saturated heterocycles. The molecule has 1 aromatic heterocycles. The molecule has 5 heteroatoms. The van der Waals surface area contributed by atoms with Crippen LogP contribution in [0.4, 0.5) is 0 Å². The zero-order valence-electron chi connectivity index (χ0n) is 11.4. The molecule has 102 valence electrons. The standard InChI is InChI=1S/C14H18ClN3O/c1-9(16)8-11-10(2)17-18(3)14(11)19-13-7-5-4-6-12(13)15/h4-7,9H,8,16H2,1-3H3. The molecule has 0 bridgehead atoms. The molecule has 1 aromatic carbocycles. The van der Waals surface area contributed by atoms with Gasteiger partial charge in [-0.05, 0) is 32.4 Å². The van der Waals surface area contributed by atoms with Crippen LogP contribution in [0.2, 0.25) is 5.02 Å². The van der Waals surface area contributed by atoms with Crippen molar-refractivity contribution in [3.63, 3.8) is 0 Å². The van der Waals surface area contributed by atoms with Crippen LogP contribution in [-0.4, -0.2) is 15.8 Å². The molecule has 0 fully saturated rings. The molecule has 0 amide bonds. The van der Waals surface area contributed by atoms with Gasteiger partial charge in [-0.2, -0.15) is 5.10 Å². The molecule has 1 heterocycles. The van der Waals surface area contributed by atoms with Crippen molar-refractivity contribution < 1.29 is 4.74 Å². The lowest BCUT2D eigenvalue weighted by molar-refractivity contribution is 0.424. The second kappa shape index (κ2) is 5.63. The second-order valence-corrected chi connectivity index (χ2v) is 5.11. The molecule has 0 aliphatic heterocycles. The maximum atomic E-state index is 6.11. The van der Waals surface area contributed by atoms with Gasteiger partial charge in [0, 0.05) is 18.7 Å². The Bertz CT molecular complexity index is 578. The number of hydrogen-bond donors (Lipinski definition) is 1. The second-order valence-electron chi connectivity index (χ2n) is 4.71. The van der Waals surface area contributed by atoms with Gasteiger partial charge in [0.05, 0.1) is 10.7 Å². The molecule has 0 radical (unpaired) electrons. The van der Waals surface area contributed by atoms with E-state index in [2.05, 4.69) is 5.10 Å². The number of nitrogens with zero attached hydrogens (tertiary/aromatic N) is 2. The third-order valence-corrected chi connectivity index (χ3v) is 3.17. The van der Waals surface area contributed by atoms with Crippen LogP contribution in [-0.2, 0) is 13.5 Å². The molecular weight excluding hydrogens is 262 g/mol. The molecule has 2 N–H and O–H groups in total. The van der Waals surface area contributed by atoms with E-state index in [1.54, 1.807) is 10.7 Å². The smallest absolute Gasteiger partial charge is 0.221 e. The summed E-state index contributed by atoms with van der Waals surface area (Å²) in [5, 5.41) is 4.96. The lowest BCUT2D eigenvalue weighted by atomic mass is 10.1. The number of aryl methyl sites for hydroxylation is 2. The first kappa shape index (κ1) is 13.9. The lowest BCUT2D eigenvalue weighted by Crippen LogP contribution is -2.18. The van der Waals surface area contributed by atoms with E-state index >= 15 is 0 Å². The molecule has 2 aromatic rings. The molecule has 1 atom stereocenters. The van der Waals surface area contributed by atoms with Crippen LogP contribution < -0.4 is 10.5 Å². The normalized spacial score (nSPS) is 12.5. The van der Waals surface area contributed by atoms with Crippen molar-refractivity contribution in [2.24, 2.45) is 12.8 Å². The summed E-state index contributed by atoms with van der Waals surface area (Å²) >= 11 is 6.11. The fraction of sp³-hybridized carbons (Fsp3) is 0.357. The van der Waals surface area contributed by atoms with Crippen molar-refractivity contribution >= 4 is 11.6 Å². The highest BCUT2D eigenvalue weighted by Gasteiger charge is 2.17. The maximum absolute atomic E-state index is 6.11.